The van der Waals surface area contributed by atoms with Crippen LogP contribution in [0.2, 0.25) is 0 Å². The Morgan fingerprint density at radius 2 is 1.80 bits per heavy atom. The van der Waals surface area contributed by atoms with Gasteiger partial charge in [-0.15, -0.1) is 0 Å². The normalized spacial score (nSPS) is 10.4. The Kier molecular flexibility index (Phi) is 8.58. The minimum atomic E-state index is -0.277. The van der Waals surface area contributed by atoms with Crippen molar-refractivity contribution < 1.29 is 8.81 Å². The number of rotatable bonds is 1. The molecule has 2 rings (SSSR count). The fraction of sp³-hybridized carbons (Fsp3) is 0.500. The van der Waals surface area contributed by atoms with Crippen molar-refractivity contribution in [3.05, 3.63) is 35.8 Å². The molecule has 0 unspecified atom stereocenters. The van der Waals surface area contributed by atoms with E-state index in [-0.39, 0.29) is 10.6 Å². The van der Waals surface area contributed by atoms with Gasteiger partial charge in [0, 0.05) is 4.75 Å². The minimum absolute atomic E-state index is 0.236. The Balaban J connectivity index is 0.000000387. The summed E-state index contributed by atoms with van der Waals surface area (Å²) in [6, 6.07) is 5.53. The van der Waals surface area contributed by atoms with Gasteiger partial charge in [-0.1, -0.05) is 44.9 Å². The second kappa shape index (κ2) is 9.03. The Labute approximate surface area is 126 Å². The molecule has 0 aliphatic carbocycles. The summed E-state index contributed by atoms with van der Waals surface area (Å²) < 4.78 is 18.3. The van der Waals surface area contributed by atoms with Crippen molar-refractivity contribution in [3.8, 4) is 0 Å². The van der Waals surface area contributed by atoms with E-state index in [0.29, 0.717) is 11.0 Å². The van der Waals surface area contributed by atoms with E-state index in [1.165, 1.54) is 11.9 Å². The van der Waals surface area contributed by atoms with Crippen molar-refractivity contribution >= 4 is 22.9 Å². The van der Waals surface area contributed by atoms with E-state index < -0.39 is 0 Å². The van der Waals surface area contributed by atoms with Crippen LogP contribution in [0.4, 0.5) is 4.39 Å². The fourth-order valence-electron chi connectivity index (χ4n) is 1.36. The Bertz CT molecular complexity index is 503. The first-order valence-electron chi connectivity index (χ1n) is 6.91. The van der Waals surface area contributed by atoms with Crippen LogP contribution in [0, 0.1) is 5.82 Å². The van der Waals surface area contributed by atoms with Crippen molar-refractivity contribution in [1.29, 1.82) is 0 Å². The Morgan fingerprint density at radius 3 is 2.25 bits per heavy atom. The molecular formula is C16H26FNOS. The highest BCUT2D eigenvalue weighted by atomic mass is 32.2. The number of furan rings is 1. The summed E-state index contributed by atoms with van der Waals surface area (Å²) in [5, 5.41) is 5.80. The largest absolute Gasteiger partial charge is 0.461 e. The Hall–Kier alpha value is -1.00. The molecule has 0 amide bonds. The van der Waals surface area contributed by atoms with Crippen LogP contribution in [0.3, 0.4) is 0 Å². The van der Waals surface area contributed by atoms with E-state index in [4.69, 9.17) is 9.56 Å². The van der Waals surface area contributed by atoms with E-state index in [0.717, 1.165) is 18.2 Å². The smallest absolute Gasteiger partial charge is 0.169 e. The summed E-state index contributed by atoms with van der Waals surface area (Å²) in [7, 11) is 0. The lowest BCUT2D eigenvalue weighted by Crippen LogP contribution is -2.09. The first-order valence-corrected chi connectivity index (χ1v) is 7.79. The molecule has 0 aliphatic rings. The predicted octanol–water partition coefficient (Wildman–Crippen LogP) is 5.55. The van der Waals surface area contributed by atoms with Gasteiger partial charge >= 0.3 is 0 Å². The third-order valence-electron chi connectivity index (χ3n) is 2.37. The summed E-state index contributed by atoms with van der Waals surface area (Å²) >= 11 is 1.38. The summed E-state index contributed by atoms with van der Waals surface area (Å²) in [6.45, 7) is 12.3. The second-order valence-electron chi connectivity index (χ2n) is 4.96. The third-order valence-corrected chi connectivity index (χ3v) is 3.08. The highest BCUT2D eigenvalue weighted by Gasteiger charge is 2.07. The van der Waals surface area contributed by atoms with E-state index in [1.807, 2.05) is 32.9 Å². The van der Waals surface area contributed by atoms with Crippen LogP contribution < -0.4 is 5.14 Å². The van der Waals surface area contributed by atoms with Gasteiger partial charge in [0.25, 0.3) is 0 Å². The highest BCUT2D eigenvalue weighted by Crippen LogP contribution is 2.23. The maximum absolute atomic E-state index is 13.0. The molecule has 0 radical (unpaired) electrons. The van der Waals surface area contributed by atoms with Crippen LogP contribution >= 0.6 is 11.9 Å². The molecule has 2 N–H and O–H groups in total. The van der Waals surface area contributed by atoms with Gasteiger partial charge in [-0.2, -0.15) is 0 Å². The number of benzene rings is 1. The van der Waals surface area contributed by atoms with Gasteiger partial charge < -0.3 is 4.42 Å². The molecule has 0 spiro atoms. The zero-order chi connectivity index (χ0) is 15.8. The van der Waals surface area contributed by atoms with Crippen LogP contribution in [0.5, 0.6) is 0 Å². The molecule has 4 heteroatoms. The molecule has 0 bridgehead atoms. The molecule has 1 heterocycles. The SMILES string of the molecule is CC.CC(C)(C)SN.CCc1cccc2c(F)coc12. The fourth-order valence-corrected chi connectivity index (χ4v) is 1.36. The Morgan fingerprint density at radius 1 is 1.25 bits per heavy atom. The zero-order valence-electron chi connectivity index (χ0n) is 13.3. The molecule has 0 atom stereocenters. The molecule has 114 valence electrons. The lowest BCUT2D eigenvalue weighted by atomic mass is 10.1. The van der Waals surface area contributed by atoms with Gasteiger partial charge in [0.05, 0.1) is 5.39 Å². The molecule has 20 heavy (non-hydrogen) atoms. The summed E-state index contributed by atoms with van der Waals surface area (Å²) in [5.74, 6) is -0.277. The number of halogens is 1. The molecule has 0 fully saturated rings. The average molecular weight is 299 g/mol. The maximum Gasteiger partial charge on any atom is 0.169 e. The second-order valence-corrected chi connectivity index (χ2v) is 6.42. The summed E-state index contributed by atoms with van der Waals surface area (Å²) in [5.41, 5.74) is 1.73. The van der Waals surface area contributed by atoms with Gasteiger partial charge in [-0.05, 0) is 38.8 Å². The number of hydrogen-bond donors (Lipinski definition) is 1. The number of aryl methyl sites for hydroxylation is 1. The lowest BCUT2D eigenvalue weighted by molar-refractivity contribution is 0.556. The van der Waals surface area contributed by atoms with Crippen molar-refractivity contribution in [1.82, 2.24) is 0 Å². The first kappa shape index (κ1) is 19.0. The molecule has 2 nitrogen and oxygen atoms in total. The van der Waals surface area contributed by atoms with Crippen LogP contribution in [-0.4, -0.2) is 4.75 Å². The number of hydrogen-bond acceptors (Lipinski definition) is 3. The molecule has 1 aromatic carbocycles. The van der Waals surface area contributed by atoms with Crippen molar-refractivity contribution in [2.24, 2.45) is 5.14 Å². The standard InChI is InChI=1S/C10H9FO.C4H11NS.C2H6/c1-2-7-4-3-5-8-9(11)6-12-10(7)8;1-4(2,3)6-5;1-2/h3-6H,2H2,1H3;5H2,1-3H3;1-2H3. The molecule has 0 saturated carbocycles. The zero-order valence-corrected chi connectivity index (χ0v) is 14.1. The first-order chi connectivity index (χ1) is 9.39. The van der Waals surface area contributed by atoms with Crippen LogP contribution in [0.1, 0.15) is 47.1 Å². The molecular weight excluding hydrogens is 273 g/mol. The van der Waals surface area contributed by atoms with Crippen molar-refractivity contribution in [3.63, 3.8) is 0 Å². The van der Waals surface area contributed by atoms with Crippen molar-refractivity contribution in [2.45, 2.75) is 52.7 Å². The van der Waals surface area contributed by atoms with Gasteiger partial charge in [0.15, 0.2) is 5.82 Å². The quantitative estimate of drug-likeness (QED) is 0.701. The van der Waals surface area contributed by atoms with Gasteiger partial charge in [0.1, 0.15) is 11.8 Å². The summed E-state index contributed by atoms with van der Waals surface area (Å²) in [4.78, 5) is 0. The van der Waals surface area contributed by atoms with Crippen LogP contribution in [-0.2, 0) is 6.42 Å². The third kappa shape index (κ3) is 5.97. The topological polar surface area (TPSA) is 39.2 Å². The van der Waals surface area contributed by atoms with E-state index in [9.17, 15) is 4.39 Å². The van der Waals surface area contributed by atoms with E-state index in [2.05, 4.69) is 20.8 Å². The number of nitrogens with two attached hydrogens (primary N) is 1. The number of para-hydroxylation sites is 1. The monoisotopic (exact) mass is 299 g/mol. The molecule has 2 aromatic rings. The summed E-state index contributed by atoms with van der Waals surface area (Å²) in [6.07, 6.45) is 2.02. The molecule has 0 saturated heterocycles. The van der Waals surface area contributed by atoms with E-state index >= 15 is 0 Å². The van der Waals surface area contributed by atoms with E-state index in [1.54, 1.807) is 6.07 Å². The van der Waals surface area contributed by atoms with Gasteiger partial charge in [-0.25, -0.2) is 4.39 Å². The van der Waals surface area contributed by atoms with Crippen LogP contribution in [0.25, 0.3) is 11.0 Å². The number of fused-ring (bicyclic) bond motifs is 1. The van der Waals surface area contributed by atoms with Gasteiger partial charge in [-0.3, -0.25) is 5.14 Å². The molecule has 1 aromatic heterocycles. The molecule has 0 aliphatic heterocycles. The van der Waals surface area contributed by atoms with Gasteiger partial charge in [0.2, 0.25) is 0 Å². The minimum Gasteiger partial charge on any atom is -0.461 e. The lowest BCUT2D eigenvalue weighted by Gasteiger charge is -2.11. The predicted molar refractivity (Wildman–Crippen MR) is 88.4 cm³/mol. The average Bonchev–Trinajstić information content (AvgIpc) is 2.83. The highest BCUT2D eigenvalue weighted by molar-refractivity contribution is 7.98. The van der Waals surface area contributed by atoms with Crippen molar-refractivity contribution in [2.75, 3.05) is 0 Å². The van der Waals surface area contributed by atoms with Crippen LogP contribution in [0.15, 0.2) is 28.9 Å². The maximum atomic E-state index is 13.0.